The molecular formula is C31H41Cl3N4O7. The molecule has 11 nitrogen and oxygen atoms in total. The van der Waals surface area contributed by atoms with Crippen molar-refractivity contribution in [1.29, 1.82) is 0 Å². The lowest BCUT2D eigenvalue weighted by molar-refractivity contribution is -0.155. The van der Waals surface area contributed by atoms with E-state index in [2.05, 4.69) is 16.1 Å². The molecule has 0 bridgehead atoms. The van der Waals surface area contributed by atoms with Gasteiger partial charge in [0, 0.05) is 6.54 Å². The van der Waals surface area contributed by atoms with Crippen molar-refractivity contribution in [2.45, 2.75) is 74.8 Å². The molecule has 5 atom stereocenters. The summed E-state index contributed by atoms with van der Waals surface area (Å²) < 4.78 is 9.15. The second-order valence-corrected chi connectivity index (χ2v) is 13.8. The van der Waals surface area contributed by atoms with Crippen LogP contribution in [0.25, 0.3) is 11.1 Å². The van der Waals surface area contributed by atoms with E-state index in [1.807, 2.05) is 36.4 Å². The van der Waals surface area contributed by atoms with Gasteiger partial charge in [-0.1, -0.05) is 79.0 Å². The van der Waals surface area contributed by atoms with E-state index in [0.29, 0.717) is 25.1 Å². The molecule has 3 amide bonds. The number of hydrogen-bond donors (Lipinski definition) is 5. The lowest BCUT2D eigenvalue weighted by atomic mass is 10.0. The monoisotopic (exact) mass is 686 g/mol. The quantitative estimate of drug-likeness (QED) is 0.158. The molecule has 45 heavy (non-hydrogen) atoms. The van der Waals surface area contributed by atoms with Crippen LogP contribution < -0.4 is 20.8 Å². The van der Waals surface area contributed by atoms with Gasteiger partial charge in [-0.2, -0.15) is 0 Å². The lowest BCUT2D eigenvalue weighted by Crippen LogP contribution is -2.61. The Labute approximate surface area is 278 Å². The maximum Gasteiger partial charge on any atom is 0.258 e. The van der Waals surface area contributed by atoms with E-state index in [-0.39, 0.29) is 19.1 Å². The summed E-state index contributed by atoms with van der Waals surface area (Å²) in [4.78, 5) is 38.9. The van der Waals surface area contributed by atoms with E-state index < -0.39 is 52.0 Å². The zero-order chi connectivity index (χ0) is 33.3. The van der Waals surface area contributed by atoms with Gasteiger partial charge in [0.1, 0.15) is 17.8 Å². The normalized spacial score (nSPS) is 18.1. The molecule has 5 N–H and O–H groups in total. The van der Waals surface area contributed by atoms with Crippen LogP contribution in [0.2, 0.25) is 0 Å². The third kappa shape index (κ3) is 11.6. The Morgan fingerprint density at radius 1 is 1.02 bits per heavy atom. The second kappa shape index (κ2) is 16.8. The van der Waals surface area contributed by atoms with Gasteiger partial charge in [0.2, 0.25) is 9.70 Å². The van der Waals surface area contributed by atoms with Crippen LogP contribution in [0, 0.1) is 5.92 Å². The summed E-state index contributed by atoms with van der Waals surface area (Å²) in [5.41, 5.74) is 5.59. The summed E-state index contributed by atoms with van der Waals surface area (Å²) in [7, 11) is 0. The van der Waals surface area contributed by atoms with Crippen molar-refractivity contribution in [3.63, 3.8) is 0 Å². The standard InChI is InChI=1S/C31H41Cl3N4O7/c1-18(2)27(28(41)35-19(3)29(42)38-14-6-9-25(37-38)30(43)45-17-31(32,33)34)36-26(40)16-44-24-12-10-21(11-13-24)23-8-5-7-22(15-23)20(4)39/h5,7-8,10-13,15,18-20,25,27,30,37,39,43H,6,9,14,16-17H2,1-4H3,(H,35,41)(H,36,40)/t19-,20+,25-,27-,30?/m0/s1. The lowest BCUT2D eigenvalue weighted by Gasteiger charge is -2.37. The Bertz CT molecular complexity index is 1290. The SMILES string of the molecule is CC(C)[C@H](NC(=O)COc1ccc(-c2cccc([C@@H](C)O)c2)cc1)C(=O)N[C@@H](C)C(=O)N1CCC[C@@H](C(O)OCC(Cl)(Cl)Cl)N1. The van der Waals surface area contributed by atoms with Crippen molar-refractivity contribution in [2.24, 2.45) is 5.92 Å². The third-order valence-corrected chi connectivity index (χ3v) is 7.50. The van der Waals surface area contributed by atoms with Gasteiger partial charge in [-0.05, 0) is 67.5 Å². The van der Waals surface area contributed by atoms with Crippen molar-refractivity contribution < 1.29 is 34.1 Å². The van der Waals surface area contributed by atoms with E-state index >= 15 is 0 Å². The van der Waals surface area contributed by atoms with E-state index in [4.69, 9.17) is 44.3 Å². The summed E-state index contributed by atoms with van der Waals surface area (Å²) >= 11 is 17.0. The highest BCUT2D eigenvalue weighted by Crippen LogP contribution is 2.27. The number of hydrogen-bond acceptors (Lipinski definition) is 8. The molecule has 248 valence electrons. The molecule has 1 aliphatic heterocycles. The van der Waals surface area contributed by atoms with Crippen LogP contribution in [0.4, 0.5) is 0 Å². The number of rotatable bonds is 13. The van der Waals surface area contributed by atoms with Gasteiger partial charge in [0.15, 0.2) is 12.9 Å². The highest BCUT2D eigenvalue weighted by Gasteiger charge is 2.34. The number of alkyl halides is 3. The summed E-state index contributed by atoms with van der Waals surface area (Å²) in [6.07, 6.45) is -0.817. The van der Waals surface area contributed by atoms with Crippen molar-refractivity contribution in [3.8, 4) is 16.9 Å². The molecular weight excluding hydrogens is 647 g/mol. The number of ether oxygens (including phenoxy) is 2. The van der Waals surface area contributed by atoms with Crippen molar-refractivity contribution in [3.05, 3.63) is 54.1 Å². The van der Waals surface area contributed by atoms with Crippen LogP contribution in [0.1, 0.15) is 52.2 Å². The predicted molar refractivity (Wildman–Crippen MR) is 172 cm³/mol. The molecule has 1 fully saturated rings. The molecule has 0 spiro atoms. The Balaban J connectivity index is 1.50. The Morgan fingerprint density at radius 3 is 2.33 bits per heavy atom. The number of hydrazine groups is 1. The molecule has 0 saturated carbocycles. The molecule has 0 radical (unpaired) electrons. The Kier molecular flexibility index (Phi) is 13.7. The molecule has 3 rings (SSSR count). The number of aliphatic hydroxyl groups excluding tert-OH is 2. The van der Waals surface area contributed by atoms with Gasteiger partial charge < -0.3 is 30.3 Å². The number of carbonyl (C=O) groups excluding carboxylic acids is 3. The van der Waals surface area contributed by atoms with Gasteiger partial charge >= 0.3 is 0 Å². The number of nitrogens with one attached hydrogen (secondary N) is 3. The maximum absolute atomic E-state index is 13.1. The molecule has 14 heteroatoms. The first-order valence-corrected chi connectivity index (χ1v) is 15.8. The number of benzene rings is 2. The fraction of sp³-hybridized carbons (Fsp3) is 0.516. The minimum absolute atomic E-state index is 0.282. The minimum atomic E-state index is -1.70. The van der Waals surface area contributed by atoms with Crippen LogP contribution in [0.3, 0.4) is 0 Å². The maximum atomic E-state index is 13.1. The zero-order valence-electron chi connectivity index (χ0n) is 25.6. The average molecular weight is 688 g/mol. The topological polar surface area (TPSA) is 149 Å². The largest absolute Gasteiger partial charge is 0.484 e. The van der Waals surface area contributed by atoms with Gasteiger partial charge in [-0.15, -0.1) is 0 Å². The molecule has 0 aromatic heterocycles. The van der Waals surface area contributed by atoms with Crippen LogP contribution in [-0.4, -0.2) is 80.9 Å². The summed E-state index contributed by atoms with van der Waals surface area (Å²) in [6, 6.07) is 12.3. The summed E-state index contributed by atoms with van der Waals surface area (Å²) in [5, 5.41) is 26.8. The van der Waals surface area contributed by atoms with Crippen LogP contribution in [0.15, 0.2) is 48.5 Å². The van der Waals surface area contributed by atoms with E-state index in [1.54, 1.807) is 32.9 Å². The number of carbonyl (C=O) groups is 3. The molecule has 1 heterocycles. The summed E-state index contributed by atoms with van der Waals surface area (Å²) in [6.45, 7) is 6.50. The molecule has 1 unspecified atom stereocenters. The minimum Gasteiger partial charge on any atom is -0.484 e. The number of aliphatic hydroxyl groups is 2. The van der Waals surface area contributed by atoms with Crippen LogP contribution in [-0.2, 0) is 19.1 Å². The number of halogens is 3. The predicted octanol–water partition coefficient (Wildman–Crippen LogP) is 3.63. The first kappa shape index (κ1) is 36.8. The second-order valence-electron chi connectivity index (χ2n) is 11.3. The van der Waals surface area contributed by atoms with Gasteiger partial charge in [0.25, 0.3) is 11.8 Å². The van der Waals surface area contributed by atoms with Gasteiger partial charge in [-0.3, -0.25) is 19.4 Å². The van der Waals surface area contributed by atoms with Crippen molar-refractivity contribution in [2.75, 3.05) is 19.8 Å². The van der Waals surface area contributed by atoms with Crippen molar-refractivity contribution >= 4 is 52.5 Å². The first-order valence-electron chi connectivity index (χ1n) is 14.7. The average Bonchev–Trinajstić information content (AvgIpc) is 3.00. The Hall–Kier alpha value is -2.64. The number of nitrogens with zero attached hydrogens (tertiary/aromatic N) is 1. The van der Waals surface area contributed by atoms with Gasteiger partial charge in [-0.25, -0.2) is 5.43 Å². The van der Waals surface area contributed by atoms with Crippen LogP contribution in [0.5, 0.6) is 5.75 Å². The Morgan fingerprint density at radius 2 is 1.71 bits per heavy atom. The number of amides is 3. The highest BCUT2D eigenvalue weighted by molar-refractivity contribution is 6.67. The highest BCUT2D eigenvalue weighted by atomic mass is 35.6. The van der Waals surface area contributed by atoms with Crippen LogP contribution >= 0.6 is 34.8 Å². The van der Waals surface area contributed by atoms with E-state index in [0.717, 1.165) is 16.7 Å². The first-order chi connectivity index (χ1) is 21.1. The zero-order valence-corrected chi connectivity index (χ0v) is 27.9. The molecule has 2 aromatic carbocycles. The summed E-state index contributed by atoms with van der Waals surface area (Å²) in [5.74, 6) is -1.26. The van der Waals surface area contributed by atoms with E-state index in [9.17, 15) is 24.6 Å². The molecule has 1 aliphatic rings. The molecule has 0 aliphatic carbocycles. The fourth-order valence-electron chi connectivity index (χ4n) is 4.69. The molecule has 1 saturated heterocycles. The third-order valence-electron chi connectivity index (χ3n) is 7.17. The van der Waals surface area contributed by atoms with Gasteiger partial charge in [0.05, 0.1) is 18.8 Å². The van der Waals surface area contributed by atoms with Crippen molar-refractivity contribution in [1.82, 2.24) is 21.1 Å². The van der Waals surface area contributed by atoms with E-state index in [1.165, 1.54) is 11.9 Å². The molecule has 2 aromatic rings. The smallest absolute Gasteiger partial charge is 0.258 e. The fourth-order valence-corrected chi connectivity index (χ4v) is 4.88.